The maximum absolute atomic E-state index is 12.5. The molecule has 2 aromatic heterocycles. The Labute approximate surface area is 188 Å². The van der Waals surface area contributed by atoms with Crippen molar-refractivity contribution in [1.82, 2.24) is 15.3 Å². The molecule has 2 amide bonds. The smallest absolute Gasteiger partial charge is 0.407 e. The van der Waals surface area contributed by atoms with Gasteiger partial charge in [0.15, 0.2) is 0 Å². The molecule has 0 bridgehead atoms. The highest BCUT2D eigenvalue weighted by atomic mass is 16.6. The zero-order chi connectivity index (χ0) is 23.0. The zero-order valence-electron chi connectivity index (χ0n) is 19.4. The molecule has 4 rings (SSSR count). The Morgan fingerprint density at radius 2 is 2.03 bits per heavy atom. The normalized spacial score (nSPS) is 19.0. The molecule has 2 fully saturated rings. The second-order valence-corrected chi connectivity index (χ2v) is 9.92. The van der Waals surface area contributed by atoms with Crippen LogP contribution in [-0.4, -0.2) is 46.7 Å². The Balaban J connectivity index is 1.64. The number of hydrogen-bond donors (Lipinski definition) is 3. The Morgan fingerprint density at radius 1 is 1.28 bits per heavy atom. The number of nitrogens with one attached hydrogen (secondary N) is 3. The summed E-state index contributed by atoms with van der Waals surface area (Å²) in [5, 5.41) is 6.99. The quantitative estimate of drug-likeness (QED) is 0.640. The Hall–Kier alpha value is -3.03. The van der Waals surface area contributed by atoms with E-state index in [1.807, 2.05) is 40.1 Å². The van der Waals surface area contributed by atoms with Crippen molar-refractivity contribution in [1.29, 1.82) is 0 Å². The van der Waals surface area contributed by atoms with E-state index in [1.54, 1.807) is 0 Å². The molecule has 1 aliphatic heterocycles. The van der Waals surface area contributed by atoms with E-state index in [-0.39, 0.29) is 17.9 Å². The molecule has 0 spiro atoms. The fourth-order valence-electron chi connectivity index (χ4n) is 4.17. The lowest BCUT2D eigenvalue weighted by molar-refractivity contribution is -0.117. The molecule has 1 unspecified atom stereocenters. The van der Waals surface area contributed by atoms with Gasteiger partial charge in [-0.3, -0.25) is 4.79 Å². The van der Waals surface area contributed by atoms with Crippen molar-refractivity contribution >= 4 is 40.0 Å². The molecule has 8 heteroatoms. The van der Waals surface area contributed by atoms with E-state index in [1.165, 1.54) is 0 Å². The molecule has 3 N–H and O–H groups in total. The third kappa shape index (κ3) is 4.89. The summed E-state index contributed by atoms with van der Waals surface area (Å²) in [4.78, 5) is 34.8. The van der Waals surface area contributed by atoms with E-state index >= 15 is 0 Å². The number of alkyl carbamates (subject to hydrolysis) is 1. The van der Waals surface area contributed by atoms with Crippen molar-refractivity contribution in [2.24, 2.45) is 5.92 Å². The summed E-state index contributed by atoms with van der Waals surface area (Å²) in [5.74, 6) is 0.166. The molecule has 172 valence electrons. The van der Waals surface area contributed by atoms with Gasteiger partial charge in [-0.2, -0.15) is 0 Å². The average Bonchev–Trinajstić information content (AvgIpc) is 3.48. The van der Waals surface area contributed by atoms with Crippen molar-refractivity contribution in [2.45, 2.75) is 65.0 Å². The second kappa shape index (κ2) is 8.48. The molecule has 1 saturated carbocycles. The van der Waals surface area contributed by atoms with Crippen LogP contribution < -0.4 is 15.5 Å². The van der Waals surface area contributed by atoms with Gasteiger partial charge in [-0.25, -0.2) is 9.78 Å². The maximum atomic E-state index is 12.5. The number of hydrogen-bond acceptors (Lipinski definition) is 5. The molecule has 0 aromatic carbocycles. The average molecular weight is 440 g/mol. The molecule has 1 atom stereocenters. The number of pyridine rings is 1. The lowest BCUT2D eigenvalue weighted by Crippen LogP contribution is -2.49. The van der Waals surface area contributed by atoms with Crippen LogP contribution in [0.5, 0.6) is 0 Å². The van der Waals surface area contributed by atoms with E-state index in [0.29, 0.717) is 6.54 Å². The monoisotopic (exact) mass is 439 g/mol. The van der Waals surface area contributed by atoms with Crippen LogP contribution in [0.25, 0.3) is 16.6 Å². The number of aromatic nitrogens is 2. The van der Waals surface area contributed by atoms with Crippen molar-refractivity contribution in [3.05, 3.63) is 24.5 Å². The van der Waals surface area contributed by atoms with E-state index in [0.717, 1.165) is 65.8 Å². The van der Waals surface area contributed by atoms with Gasteiger partial charge in [0.05, 0.1) is 16.8 Å². The fourth-order valence-corrected chi connectivity index (χ4v) is 4.17. The number of aromatic amines is 1. The third-order valence-electron chi connectivity index (χ3n) is 5.80. The van der Waals surface area contributed by atoms with Gasteiger partial charge in [0, 0.05) is 43.0 Å². The molecule has 0 radical (unpaired) electrons. The fraction of sp³-hybridized carbons (Fsp3) is 0.542. The summed E-state index contributed by atoms with van der Waals surface area (Å²) in [7, 11) is 0. The Bertz CT molecular complexity index is 1050. The number of H-pyrrole nitrogens is 1. The van der Waals surface area contributed by atoms with Gasteiger partial charge >= 0.3 is 6.09 Å². The number of amides is 2. The minimum absolute atomic E-state index is 0.0387. The number of ether oxygens (including phenoxy) is 1. The highest BCUT2D eigenvalue weighted by Gasteiger charge is 2.32. The van der Waals surface area contributed by atoms with Gasteiger partial charge in [0.1, 0.15) is 11.2 Å². The van der Waals surface area contributed by atoms with Crippen LogP contribution in [0.3, 0.4) is 0 Å². The zero-order valence-corrected chi connectivity index (χ0v) is 19.4. The Kier molecular flexibility index (Phi) is 5.88. The predicted molar refractivity (Wildman–Crippen MR) is 127 cm³/mol. The highest BCUT2D eigenvalue weighted by Crippen LogP contribution is 2.39. The summed E-state index contributed by atoms with van der Waals surface area (Å²) in [6, 6.07) is -0.0387. The number of nitrogens with zero attached hydrogens (tertiary/aromatic N) is 2. The lowest BCUT2D eigenvalue weighted by Gasteiger charge is -2.36. The first-order valence-corrected chi connectivity index (χ1v) is 11.3. The summed E-state index contributed by atoms with van der Waals surface area (Å²) >= 11 is 0. The van der Waals surface area contributed by atoms with Gasteiger partial charge in [-0.05, 0) is 59.0 Å². The van der Waals surface area contributed by atoms with Crippen LogP contribution in [0.4, 0.5) is 16.2 Å². The lowest BCUT2D eigenvalue weighted by atomic mass is 10.00. The molecule has 32 heavy (non-hydrogen) atoms. The first kappa shape index (κ1) is 22.2. The van der Waals surface area contributed by atoms with Gasteiger partial charge in [0.2, 0.25) is 5.91 Å². The van der Waals surface area contributed by atoms with E-state index in [4.69, 9.17) is 4.74 Å². The number of rotatable bonds is 5. The van der Waals surface area contributed by atoms with Crippen LogP contribution in [-0.2, 0) is 9.53 Å². The van der Waals surface area contributed by atoms with Crippen LogP contribution in [0.2, 0.25) is 0 Å². The number of carbonyl (C=O) groups is 2. The minimum atomic E-state index is -0.539. The number of piperidine rings is 1. The van der Waals surface area contributed by atoms with Gasteiger partial charge < -0.3 is 25.3 Å². The van der Waals surface area contributed by atoms with Crippen molar-refractivity contribution in [3.8, 4) is 0 Å². The van der Waals surface area contributed by atoms with Crippen LogP contribution >= 0.6 is 0 Å². The van der Waals surface area contributed by atoms with Crippen LogP contribution in [0.15, 0.2) is 19.0 Å². The first-order chi connectivity index (χ1) is 15.1. The molecule has 3 heterocycles. The molecular formula is C24H33N5O3. The number of anilines is 2. The van der Waals surface area contributed by atoms with E-state index in [9.17, 15) is 9.59 Å². The van der Waals surface area contributed by atoms with Gasteiger partial charge in [-0.1, -0.05) is 6.58 Å². The second-order valence-electron chi connectivity index (χ2n) is 9.92. The van der Waals surface area contributed by atoms with Crippen LogP contribution in [0.1, 0.15) is 58.9 Å². The van der Waals surface area contributed by atoms with Crippen molar-refractivity contribution < 1.29 is 14.3 Å². The van der Waals surface area contributed by atoms with Gasteiger partial charge in [0.25, 0.3) is 0 Å². The van der Waals surface area contributed by atoms with Crippen molar-refractivity contribution in [2.75, 3.05) is 23.3 Å². The third-order valence-corrected chi connectivity index (χ3v) is 5.80. The summed E-state index contributed by atoms with van der Waals surface area (Å²) in [6.45, 7) is 13.2. The topological polar surface area (TPSA) is 99.4 Å². The van der Waals surface area contributed by atoms with E-state index < -0.39 is 11.7 Å². The van der Waals surface area contributed by atoms with Gasteiger partial charge in [-0.15, -0.1) is 0 Å². The summed E-state index contributed by atoms with van der Waals surface area (Å²) < 4.78 is 5.45. The molecule has 8 nitrogen and oxygen atoms in total. The summed E-state index contributed by atoms with van der Waals surface area (Å²) in [6.07, 6.45) is 6.93. The van der Waals surface area contributed by atoms with Crippen LogP contribution in [0, 0.1) is 5.92 Å². The van der Waals surface area contributed by atoms with Crippen molar-refractivity contribution in [3.63, 3.8) is 0 Å². The number of fused-ring (bicyclic) bond motifs is 1. The maximum Gasteiger partial charge on any atom is 0.407 e. The number of allylic oxidation sites excluding steroid dienone is 1. The molecule has 1 saturated heterocycles. The Morgan fingerprint density at radius 3 is 2.69 bits per heavy atom. The van der Waals surface area contributed by atoms with E-state index in [2.05, 4.69) is 32.1 Å². The minimum Gasteiger partial charge on any atom is -0.444 e. The first-order valence-electron chi connectivity index (χ1n) is 11.3. The highest BCUT2D eigenvalue weighted by molar-refractivity contribution is 6.09. The standard InChI is InChI=1S/C24H33N5O3/c1-14(2)17-11-25-21-19(18(12-26-21)28-22(30)15-8-9-15)20(17)29-10-6-7-16(13-29)27-23(31)32-24(3,4)5/h11-12,15-16H,1,6-10,13H2,2-5H3,(H,25,26)(H,27,31)(H,28,30). The molecule has 2 aromatic rings. The number of carbonyl (C=O) groups excluding carboxylic acids is 2. The molecule has 1 aliphatic carbocycles. The molecular weight excluding hydrogens is 406 g/mol. The molecule has 2 aliphatic rings. The summed E-state index contributed by atoms with van der Waals surface area (Å²) in [5.41, 5.74) is 3.76. The predicted octanol–water partition coefficient (Wildman–Crippen LogP) is 4.44. The SMILES string of the molecule is C=C(C)c1cnc2[nH]cc(NC(=O)C3CC3)c2c1N1CCCC(NC(=O)OC(C)(C)C)C1. The largest absolute Gasteiger partial charge is 0.444 e.